The molecule has 0 saturated carbocycles. The van der Waals surface area contributed by atoms with Crippen molar-refractivity contribution < 1.29 is 23.2 Å². The molecule has 0 aliphatic carbocycles. The largest absolute Gasteiger partial charge is 0.389 e. The van der Waals surface area contributed by atoms with Gasteiger partial charge in [0.05, 0.1) is 17.6 Å². The van der Waals surface area contributed by atoms with Crippen molar-refractivity contribution in [3.8, 4) is 0 Å². The fraction of sp³-hybridized carbons (Fsp3) is 0.400. The fourth-order valence-electron chi connectivity index (χ4n) is 1.37. The van der Waals surface area contributed by atoms with Gasteiger partial charge in [0.1, 0.15) is 0 Å². The van der Waals surface area contributed by atoms with Crippen LogP contribution >= 0.6 is 0 Å². The van der Waals surface area contributed by atoms with Gasteiger partial charge in [-0.1, -0.05) is 12.1 Å². The zero-order valence-electron chi connectivity index (χ0n) is 10.1. The van der Waals surface area contributed by atoms with E-state index in [2.05, 4.69) is 9.46 Å². The topological polar surface area (TPSA) is 119 Å². The number of hydrogen-bond donors (Lipinski definition) is 2. The number of nitro benzene ring substituents is 1. The maximum Gasteiger partial charge on any atom is 0.289 e. The predicted octanol–water partition coefficient (Wildman–Crippen LogP) is -0.120. The Hall–Kier alpha value is -1.55. The molecule has 1 atom stereocenters. The molecule has 9 heteroatoms. The van der Waals surface area contributed by atoms with E-state index in [1.165, 1.54) is 19.2 Å². The van der Waals surface area contributed by atoms with Crippen LogP contribution in [0.4, 0.5) is 5.69 Å². The normalized spacial score (nSPS) is 13.2. The minimum absolute atomic E-state index is 0.0423. The van der Waals surface area contributed by atoms with Crippen molar-refractivity contribution in [1.29, 1.82) is 0 Å². The van der Waals surface area contributed by atoms with Crippen LogP contribution < -0.4 is 4.72 Å². The Morgan fingerprint density at radius 2 is 2.11 bits per heavy atom. The molecule has 8 nitrogen and oxygen atoms in total. The molecule has 0 aliphatic rings. The van der Waals surface area contributed by atoms with Crippen molar-refractivity contribution in [3.63, 3.8) is 0 Å². The number of ether oxygens (including phenoxy) is 1. The van der Waals surface area contributed by atoms with Gasteiger partial charge in [0.25, 0.3) is 5.69 Å². The average Bonchev–Trinajstić information content (AvgIpc) is 2.37. The summed E-state index contributed by atoms with van der Waals surface area (Å²) in [6.45, 7) is -0.332. The van der Waals surface area contributed by atoms with Crippen LogP contribution in [0.1, 0.15) is 0 Å². The Morgan fingerprint density at radius 1 is 1.47 bits per heavy atom. The number of rotatable bonds is 7. The summed E-state index contributed by atoms with van der Waals surface area (Å²) in [5.41, 5.74) is -0.517. The van der Waals surface area contributed by atoms with Crippen LogP contribution in [0, 0.1) is 10.1 Å². The maximum absolute atomic E-state index is 11.9. The molecule has 19 heavy (non-hydrogen) atoms. The molecule has 0 aliphatic heterocycles. The highest BCUT2D eigenvalue weighted by molar-refractivity contribution is 7.89. The Morgan fingerprint density at radius 3 is 2.68 bits per heavy atom. The molecule has 106 valence electrons. The van der Waals surface area contributed by atoms with Crippen molar-refractivity contribution in [3.05, 3.63) is 34.4 Å². The summed E-state index contributed by atoms with van der Waals surface area (Å²) in [6, 6.07) is 4.98. The van der Waals surface area contributed by atoms with Gasteiger partial charge in [-0.05, 0) is 6.07 Å². The third kappa shape index (κ3) is 4.24. The van der Waals surface area contributed by atoms with Crippen molar-refractivity contribution in [2.75, 3.05) is 20.3 Å². The summed E-state index contributed by atoms with van der Waals surface area (Å²) in [4.78, 5) is 9.54. The highest BCUT2D eigenvalue weighted by atomic mass is 32.2. The summed E-state index contributed by atoms with van der Waals surface area (Å²) in [6.07, 6.45) is -1.03. The molecule has 0 heterocycles. The monoisotopic (exact) mass is 290 g/mol. The van der Waals surface area contributed by atoms with Crippen molar-refractivity contribution in [2.45, 2.75) is 11.0 Å². The molecule has 1 aromatic rings. The molecule has 1 rings (SSSR count). The Bertz CT molecular complexity index is 545. The first-order valence-corrected chi connectivity index (χ1v) is 6.77. The number of benzene rings is 1. The number of sulfonamides is 1. The van der Waals surface area contributed by atoms with Crippen molar-refractivity contribution in [1.82, 2.24) is 4.72 Å². The third-order valence-electron chi connectivity index (χ3n) is 2.22. The second-order valence-electron chi connectivity index (χ2n) is 3.69. The number of nitrogens with one attached hydrogen (secondary N) is 1. The smallest absolute Gasteiger partial charge is 0.289 e. The molecule has 0 aromatic heterocycles. The number of methoxy groups -OCH3 is 1. The lowest BCUT2D eigenvalue weighted by Crippen LogP contribution is -2.34. The number of para-hydroxylation sites is 1. The molecular formula is C10H14N2O6S. The first-order valence-electron chi connectivity index (χ1n) is 5.28. The first kappa shape index (κ1) is 15.5. The van der Waals surface area contributed by atoms with E-state index < -0.39 is 31.6 Å². The second kappa shape index (κ2) is 6.57. The zero-order chi connectivity index (χ0) is 14.5. The van der Waals surface area contributed by atoms with Crippen LogP contribution in [0.25, 0.3) is 0 Å². The minimum Gasteiger partial charge on any atom is -0.389 e. The molecule has 0 bridgehead atoms. The highest BCUT2D eigenvalue weighted by Gasteiger charge is 2.25. The molecule has 0 radical (unpaired) electrons. The summed E-state index contributed by atoms with van der Waals surface area (Å²) in [5.74, 6) is 0. The molecular weight excluding hydrogens is 276 g/mol. The maximum atomic E-state index is 11.9. The van der Waals surface area contributed by atoms with Crippen molar-refractivity contribution >= 4 is 15.7 Å². The van der Waals surface area contributed by atoms with Gasteiger partial charge in [0, 0.05) is 19.7 Å². The van der Waals surface area contributed by atoms with E-state index in [0.717, 1.165) is 12.1 Å². The Kier molecular flexibility index (Phi) is 5.36. The van der Waals surface area contributed by atoms with Crippen LogP contribution in [-0.4, -0.2) is 44.8 Å². The van der Waals surface area contributed by atoms with E-state index >= 15 is 0 Å². The summed E-state index contributed by atoms with van der Waals surface area (Å²) in [5, 5.41) is 20.1. The molecule has 1 aromatic carbocycles. The first-order chi connectivity index (χ1) is 8.88. The van der Waals surface area contributed by atoms with Crippen LogP contribution in [0.15, 0.2) is 29.2 Å². The zero-order valence-corrected chi connectivity index (χ0v) is 11.0. The van der Waals surface area contributed by atoms with Gasteiger partial charge in [0.15, 0.2) is 4.90 Å². The Labute approximate surface area is 110 Å². The van der Waals surface area contributed by atoms with Gasteiger partial charge in [-0.15, -0.1) is 0 Å². The van der Waals surface area contributed by atoms with E-state index in [1.807, 2.05) is 0 Å². The quantitative estimate of drug-likeness (QED) is 0.534. The SMILES string of the molecule is COCC(O)CNS(=O)(=O)c1ccccc1[N+](=O)[O-]. The van der Waals surface area contributed by atoms with Gasteiger partial charge < -0.3 is 9.84 Å². The fourth-order valence-corrected chi connectivity index (χ4v) is 2.61. The number of aliphatic hydroxyl groups is 1. The van der Waals surface area contributed by atoms with Crippen LogP contribution in [0.2, 0.25) is 0 Å². The Balaban J connectivity index is 2.92. The van der Waals surface area contributed by atoms with E-state index in [0.29, 0.717) is 0 Å². The molecule has 2 N–H and O–H groups in total. The van der Waals surface area contributed by atoms with E-state index in [-0.39, 0.29) is 13.2 Å². The molecule has 1 unspecified atom stereocenters. The minimum atomic E-state index is -4.06. The third-order valence-corrected chi connectivity index (χ3v) is 3.69. The lowest BCUT2D eigenvalue weighted by atomic mass is 10.3. The van der Waals surface area contributed by atoms with Crippen LogP contribution in [0.5, 0.6) is 0 Å². The van der Waals surface area contributed by atoms with Crippen LogP contribution in [0.3, 0.4) is 0 Å². The van der Waals surface area contributed by atoms with Crippen molar-refractivity contribution in [2.24, 2.45) is 0 Å². The lowest BCUT2D eigenvalue weighted by Gasteiger charge is -2.11. The summed E-state index contributed by atoms with van der Waals surface area (Å²) >= 11 is 0. The van der Waals surface area contributed by atoms with E-state index in [9.17, 15) is 23.6 Å². The lowest BCUT2D eigenvalue weighted by molar-refractivity contribution is -0.387. The van der Waals surface area contributed by atoms with Gasteiger partial charge in [-0.2, -0.15) is 0 Å². The number of nitro groups is 1. The van der Waals surface area contributed by atoms with Gasteiger partial charge in [-0.25, -0.2) is 13.1 Å². The second-order valence-corrected chi connectivity index (χ2v) is 5.42. The van der Waals surface area contributed by atoms with E-state index in [1.54, 1.807) is 0 Å². The van der Waals surface area contributed by atoms with Gasteiger partial charge in [-0.3, -0.25) is 10.1 Å². The molecule has 0 spiro atoms. The predicted molar refractivity (Wildman–Crippen MR) is 66.2 cm³/mol. The molecule has 0 amide bonds. The average molecular weight is 290 g/mol. The number of hydrogen-bond acceptors (Lipinski definition) is 6. The number of nitrogens with zero attached hydrogens (tertiary/aromatic N) is 1. The van der Waals surface area contributed by atoms with Gasteiger partial charge in [0.2, 0.25) is 10.0 Å². The molecule has 0 fully saturated rings. The summed E-state index contributed by atoms with van der Waals surface area (Å²) in [7, 11) is -2.70. The van der Waals surface area contributed by atoms with E-state index in [4.69, 9.17) is 0 Å². The van der Waals surface area contributed by atoms with Gasteiger partial charge >= 0.3 is 0 Å². The number of aliphatic hydroxyl groups excluding tert-OH is 1. The molecule has 0 saturated heterocycles. The van der Waals surface area contributed by atoms with Crippen LogP contribution in [-0.2, 0) is 14.8 Å². The highest BCUT2D eigenvalue weighted by Crippen LogP contribution is 2.22. The summed E-state index contributed by atoms with van der Waals surface area (Å²) < 4.78 is 30.5. The standard InChI is InChI=1S/C10H14N2O6S/c1-18-7-8(13)6-11-19(16,17)10-5-3-2-4-9(10)12(14)15/h2-5,8,11,13H,6-7H2,1H3.